The lowest BCUT2D eigenvalue weighted by Gasteiger charge is -2.09. The summed E-state index contributed by atoms with van der Waals surface area (Å²) in [6.07, 6.45) is 0. The van der Waals surface area contributed by atoms with Gasteiger partial charge in [0.15, 0.2) is 18.2 Å². The minimum atomic E-state index is -0.868. The van der Waals surface area contributed by atoms with Gasteiger partial charge in [0.2, 0.25) is 5.88 Å². The number of amides is 1. The second-order valence-corrected chi connectivity index (χ2v) is 5.45. The van der Waals surface area contributed by atoms with Gasteiger partial charge in [-0.25, -0.2) is 8.78 Å². The van der Waals surface area contributed by atoms with E-state index in [-0.39, 0.29) is 5.75 Å². The summed E-state index contributed by atoms with van der Waals surface area (Å²) in [7, 11) is 1.51. The molecule has 0 radical (unpaired) electrons. The van der Waals surface area contributed by atoms with Crippen molar-refractivity contribution in [3.63, 3.8) is 0 Å². The van der Waals surface area contributed by atoms with E-state index in [0.717, 1.165) is 17.7 Å². The summed E-state index contributed by atoms with van der Waals surface area (Å²) in [4.78, 5) is 11.9. The molecule has 1 aromatic heterocycles. The van der Waals surface area contributed by atoms with Crippen molar-refractivity contribution in [1.82, 2.24) is 10.2 Å². The van der Waals surface area contributed by atoms with Gasteiger partial charge in [0.1, 0.15) is 5.82 Å². The fourth-order valence-electron chi connectivity index (χ4n) is 2.24. The van der Waals surface area contributed by atoms with Gasteiger partial charge in [-0.05, 0) is 30.3 Å². The summed E-state index contributed by atoms with van der Waals surface area (Å²) in [5, 5.41) is 10.6. The van der Waals surface area contributed by atoms with Crippen molar-refractivity contribution in [2.45, 2.75) is 0 Å². The Morgan fingerprint density at radius 3 is 2.44 bits per heavy atom. The summed E-state index contributed by atoms with van der Waals surface area (Å²) >= 11 is 0. The molecular weight excluding hydrogens is 356 g/mol. The molecule has 27 heavy (non-hydrogen) atoms. The van der Waals surface area contributed by atoms with Crippen LogP contribution in [0.25, 0.3) is 11.3 Å². The number of aromatic nitrogens is 2. The van der Waals surface area contributed by atoms with Crippen LogP contribution in [0.15, 0.2) is 54.6 Å². The van der Waals surface area contributed by atoms with Gasteiger partial charge in [-0.15, -0.1) is 10.2 Å². The van der Waals surface area contributed by atoms with Crippen LogP contribution in [0.4, 0.5) is 14.5 Å². The first-order valence-electron chi connectivity index (χ1n) is 7.91. The van der Waals surface area contributed by atoms with Crippen molar-refractivity contribution in [2.75, 3.05) is 19.0 Å². The number of nitrogens with zero attached hydrogens (tertiary/aromatic N) is 2. The standard InChI is InChI=1S/C19H15F2N3O3/c1-26-19-9-7-16(23-24-19)12-2-5-14(6-3-12)22-18(25)11-27-17-8-4-13(20)10-15(17)21/h2-10H,11H2,1H3,(H,22,25). The largest absolute Gasteiger partial charge is 0.481 e. The summed E-state index contributed by atoms with van der Waals surface area (Å²) in [5.74, 6) is -1.84. The van der Waals surface area contributed by atoms with E-state index < -0.39 is 24.1 Å². The Balaban J connectivity index is 1.57. The van der Waals surface area contributed by atoms with Crippen molar-refractivity contribution in [2.24, 2.45) is 0 Å². The number of benzene rings is 2. The Hall–Kier alpha value is -3.55. The number of ether oxygens (including phenoxy) is 2. The highest BCUT2D eigenvalue weighted by atomic mass is 19.1. The molecule has 0 aliphatic heterocycles. The first-order chi connectivity index (χ1) is 13.0. The van der Waals surface area contributed by atoms with Gasteiger partial charge in [-0.1, -0.05) is 12.1 Å². The monoisotopic (exact) mass is 371 g/mol. The molecule has 0 spiro atoms. The molecule has 0 aliphatic carbocycles. The number of methoxy groups -OCH3 is 1. The zero-order chi connectivity index (χ0) is 19.2. The molecule has 6 nitrogen and oxygen atoms in total. The summed E-state index contributed by atoms with van der Waals surface area (Å²) in [6.45, 7) is -0.408. The highest BCUT2D eigenvalue weighted by Crippen LogP contribution is 2.21. The molecule has 0 atom stereocenters. The molecule has 1 heterocycles. The van der Waals surface area contributed by atoms with Crippen LogP contribution >= 0.6 is 0 Å². The molecule has 1 N–H and O–H groups in total. The Kier molecular flexibility index (Phi) is 5.55. The minimum Gasteiger partial charge on any atom is -0.481 e. The molecule has 138 valence electrons. The lowest BCUT2D eigenvalue weighted by Crippen LogP contribution is -2.20. The van der Waals surface area contributed by atoms with Crippen LogP contribution in [0.5, 0.6) is 11.6 Å². The lowest BCUT2D eigenvalue weighted by atomic mass is 10.1. The zero-order valence-electron chi connectivity index (χ0n) is 14.3. The maximum absolute atomic E-state index is 13.5. The first-order valence-corrected chi connectivity index (χ1v) is 7.91. The Labute approximate surface area is 153 Å². The predicted molar refractivity (Wildman–Crippen MR) is 94.5 cm³/mol. The van der Waals surface area contributed by atoms with Crippen LogP contribution in [-0.2, 0) is 4.79 Å². The van der Waals surface area contributed by atoms with Crippen LogP contribution in [0, 0.1) is 11.6 Å². The molecular formula is C19H15F2N3O3. The lowest BCUT2D eigenvalue weighted by molar-refractivity contribution is -0.118. The van der Waals surface area contributed by atoms with E-state index in [9.17, 15) is 13.6 Å². The highest BCUT2D eigenvalue weighted by molar-refractivity contribution is 5.92. The normalized spacial score (nSPS) is 10.3. The van der Waals surface area contributed by atoms with E-state index in [1.807, 2.05) is 0 Å². The molecule has 0 unspecified atom stereocenters. The maximum atomic E-state index is 13.5. The molecule has 0 bridgehead atoms. The van der Waals surface area contributed by atoms with E-state index in [0.29, 0.717) is 23.3 Å². The van der Waals surface area contributed by atoms with Crippen LogP contribution in [0.1, 0.15) is 0 Å². The quantitative estimate of drug-likeness (QED) is 0.719. The molecule has 0 saturated heterocycles. The van der Waals surface area contributed by atoms with Gasteiger partial charge in [-0.2, -0.15) is 0 Å². The second kappa shape index (κ2) is 8.22. The van der Waals surface area contributed by atoms with Crippen molar-refractivity contribution < 1.29 is 23.0 Å². The molecule has 1 amide bonds. The van der Waals surface area contributed by atoms with E-state index in [1.54, 1.807) is 36.4 Å². The predicted octanol–water partition coefficient (Wildman–Crippen LogP) is 3.45. The highest BCUT2D eigenvalue weighted by Gasteiger charge is 2.09. The average molecular weight is 371 g/mol. The third kappa shape index (κ3) is 4.75. The van der Waals surface area contributed by atoms with Crippen molar-refractivity contribution in [3.05, 3.63) is 66.2 Å². The molecule has 0 aliphatic rings. The molecule has 3 aromatic rings. The van der Waals surface area contributed by atoms with E-state index in [2.05, 4.69) is 15.5 Å². The Morgan fingerprint density at radius 1 is 1.04 bits per heavy atom. The van der Waals surface area contributed by atoms with E-state index in [4.69, 9.17) is 9.47 Å². The number of nitrogens with one attached hydrogen (secondary N) is 1. The average Bonchev–Trinajstić information content (AvgIpc) is 2.68. The number of hydrogen-bond acceptors (Lipinski definition) is 5. The number of carbonyl (C=O) groups is 1. The zero-order valence-corrected chi connectivity index (χ0v) is 14.3. The minimum absolute atomic E-state index is 0.194. The molecule has 3 rings (SSSR count). The number of anilines is 1. The smallest absolute Gasteiger partial charge is 0.262 e. The molecule has 0 fully saturated rings. The summed E-state index contributed by atoms with van der Waals surface area (Å²) in [5.41, 5.74) is 2.00. The van der Waals surface area contributed by atoms with Crippen LogP contribution in [0.3, 0.4) is 0 Å². The van der Waals surface area contributed by atoms with Crippen LogP contribution in [0.2, 0.25) is 0 Å². The number of rotatable bonds is 6. The van der Waals surface area contributed by atoms with Crippen LogP contribution in [-0.4, -0.2) is 29.8 Å². The fraction of sp³-hybridized carbons (Fsp3) is 0.105. The van der Waals surface area contributed by atoms with Gasteiger partial charge < -0.3 is 14.8 Å². The summed E-state index contributed by atoms with van der Waals surface area (Å²) in [6, 6.07) is 13.3. The van der Waals surface area contributed by atoms with Crippen molar-refractivity contribution in [1.29, 1.82) is 0 Å². The Bertz CT molecular complexity index is 932. The molecule has 2 aromatic carbocycles. The maximum Gasteiger partial charge on any atom is 0.262 e. The van der Waals surface area contributed by atoms with Gasteiger partial charge in [0.25, 0.3) is 5.91 Å². The van der Waals surface area contributed by atoms with Gasteiger partial charge in [0.05, 0.1) is 12.8 Å². The second-order valence-electron chi connectivity index (χ2n) is 5.45. The summed E-state index contributed by atoms with van der Waals surface area (Å²) < 4.78 is 36.3. The third-order valence-corrected chi connectivity index (χ3v) is 3.57. The van der Waals surface area contributed by atoms with Gasteiger partial charge in [0, 0.05) is 23.4 Å². The fourth-order valence-corrected chi connectivity index (χ4v) is 2.24. The number of carbonyl (C=O) groups excluding carboxylic acids is 1. The van der Waals surface area contributed by atoms with Gasteiger partial charge in [-0.3, -0.25) is 4.79 Å². The molecule has 8 heteroatoms. The van der Waals surface area contributed by atoms with Gasteiger partial charge >= 0.3 is 0 Å². The van der Waals surface area contributed by atoms with E-state index in [1.165, 1.54) is 7.11 Å². The number of halogens is 2. The number of hydrogen-bond donors (Lipinski definition) is 1. The van der Waals surface area contributed by atoms with Crippen molar-refractivity contribution >= 4 is 11.6 Å². The van der Waals surface area contributed by atoms with Crippen LogP contribution < -0.4 is 14.8 Å². The molecule has 0 saturated carbocycles. The first kappa shape index (κ1) is 18.2. The van der Waals surface area contributed by atoms with Crippen molar-refractivity contribution in [3.8, 4) is 22.9 Å². The topological polar surface area (TPSA) is 73.3 Å². The Morgan fingerprint density at radius 2 is 1.81 bits per heavy atom. The van der Waals surface area contributed by atoms with E-state index >= 15 is 0 Å². The third-order valence-electron chi connectivity index (χ3n) is 3.57. The SMILES string of the molecule is COc1ccc(-c2ccc(NC(=O)COc3ccc(F)cc3F)cc2)nn1.